The summed E-state index contributed by atoms with van der Waals surface area (Å²) in [5, 5.41) is 5.02. The summed E-state index contributed by atoms with van der Waals surface area (Å²) < 4.78 is 4.90. The van der Waals surface area contributed by atoms with Crippen LogP contribution in [0.25, 0.3) is 77.2 Å². The van der Waals surface area contributed by atoms with Gasteiger partial charge in [-0.25, -0.2) is 0 Å². The molecule has 12 rings (SSSR count). The summed E-state index contributed by atoms with van der Waals surface area (Å²) in [6.07, 6.45) is 7.26. The quantitative estimate of drug-likeness (QED) is 0.172. The average Bonchev–Trinajstić information content (AvgIpc) is 3.92. The monoisotopic (exact) mass is 727 g/mol. The van der Waals surface area contributed by atoms with Crippen LogP contribution < -0.4 is 4.90 Å². The molecule has 0 saturated carbocycles. The molecule has 2 aromatic heterocycles. The number of rotatable bonds is 5. The van der Waals surface area contributed by atoms with Gasteiger partial charge in [-0.05, 0) is 94.6 Å². The van der Waals surface area contributed by atoms with E-state index in [-0.39, 0.29) is 12.0 Å². The molecule has 0 fully saturated rings. The minimum atomic E-state index is 0.211. The molecule has 8 aromatic carbocycles. The SMILES string of the molecule is C1=CC2C(C=C1n1c3ccccc3c3cc(-c4c(-c5ccccc5)ccc5c4c4ccccc4n5-c4ccccc4)ccc31)c1ccccc1N2c1ccccc1. The summed E-state index contributed by atoms with van der Waals surface area (Å²) >= 11 is 0. The van der Waals surface area contributed by atoms with Gasteiger partial charge in [-0.1, -0.05) is 146 Å². The molecule has 2 aliphatic rings. The molecule has 1 aliphatic carbocycles. The number of aromatic nitrogens is 2. The molecular formula is C54H37N3. The van der Waals surface area contributed by atoms with Crippen LogP contribution in [0, 0.1) is 0 Å². The highest BCUT2D eigenvalue weighted by Gasteiger charge is 2.38. The molecule has 2 unspecified atom stereocenters. The Kier molecular flexibility index (Phi) is 7.05. The van der Waals surface area contributed by atoms with Crippen LogP contribution in [-0.2, 0) is 0 Å². The van der Waals surface area contributed by atoms with Gasteiger partial charge >= 0.3 is 0 Å². The van der Waals surface area contributed by atoms with E-state index in [1.54, 1.807) is 0 Å². The Morgan fingerprint density at radius 1 is 0.421 bits per heavy atom. The first kappa shape index (κ1) is 31.9. The number of fused-ring (bicyclic) bond motifs is 9. The number of hydrogen-bond donors (Lipinski definition) is 0. The maximum absolute atomic E-state index is 2.50. The summed E-state index contributed by atoms with van der Waals surface area (Å²) in [6.45, 7) is 0. The van der Waals surface area contributed by atoms with Gasteiger partial charge in [-0.2, -0.15) is 0 Å². The third-order valence-electron chi connectivity index (χ3n) is 12.2. The molecule has 0 saturated heterocycles. The molecule has 2 atom stereocenters. The van der Waals surface area contributed by atoms with Gasteiger partial charge in [-0.15, -0.1) is 0 Å². The predicted octanol–water partition coefficient (Wildman–Crippen LogP) is 13.9. The van der Waals surface area contributed by atoms with Crippen LogP contribution in [0.15, 0.2) is 212 Å². The number of anilines is 2. The first-order valence-electron chi connectivity index (χ1n) is 19.9. The fraction of sp³-hybridized carbons (Fsp3) is 0.0370. The van der Waals surface area contributed by atoms with Gasteiger partial charge in [-0.3, -0.25) is 0 Å². The van der Waals surface area contributed by atoms with Crippen LogP contribution >= 0.6 is 0 Å². The lowest BCUT2D eigenvalue weighted by Gasteiger charge is -2.30. The topological polar surface area (TPSA) is 13.1 Å². The largest absolute Gasteiger partial charge is 0.333 e. The van der Waals surface area contributed by atoms with E-state index in [0.29, 0.717) is 0 Å². The summed E-state index contributed by atoms with van der Waals surface area (Å²) in [5.41, 5.74) is 16.0. The first-order valence-corrected chi connectivity index (χ1v) is 19.9. The molecule has 268 valence electrons. The lowest BCUT2D eigenvalue weighted by Crippen LogP contribution is -2.29. The second-order valence-electron chi connectivity index (χ2n) is 15.3. The fourth-order valence-electron chi connectivity index (χ4n) is 9.85. The number of nitrogens with zero attached hydrogens (tertiary/aromatic N) is 3. The van der Waals surface area contributed by atoms with Crippen molar-refractivity contribution >= 4 is 60.7 Å². The van der Waals surface area contributed by atoms with E-state index in [2.05, 4.69) is 226 Å². The second kappa shape index (κ2) is 12.6. The van der Waals surface area contributed by atoms with Crippen molar-refractivity contribution in [3.63, 3.8) is 0 Å². The molecule has 1 aliphatic heterocycles. The normalized spacial score (nSPS) is 16.1. The first-order chi connectivity index (χ1) is 28.3. The Balaban J connectivity index is 1.08. The minimum absolute atomic E-state index is 0.211. The fourth-order valence-corrected chi connectivity index (χ4v) is 9.85. The summed E-state index contributed by atoms with van der Waals surface area (Å²) in [6, 6.07) is 71.1. The second-order valence-corrected chi connectivity index (χ2v) is 15.3. The van der Waals surface area contributed by atoms with Crippen molar-refractivity contribution in [2.24, 2.45) is 0 Å². The Labute approximate surface area is 331 Å². The zero-order valence-electron chi connectivity index (χ0n) is 31.2. The van der Waals surface area contributed by atoms with Crippen molar-refractivity contribution in [1.29, 1.82) is 0 Å². The van der Waals surface area contributed by atoms with Gasteiger partial charge in [0, 0.05) is 50.2 Å². The van der Waals surface area contributed by atoms with E-state index in [1.807, 2.05) is 0 Å². The van der Waals surface area contributed by atoms with Crippen molar-refractivity contribution < 1.29 is 0 Å². The zero-order chi connectivity index (χ0) is 37.5. The van der Waals surface area contributed by atoms with Crippen LogP contribution in [-0.4, -0.2) is 15.2 Å². The van der Waals surface area contributed by atoms with Crippen LogP contribution in [0.4, 0.5) is 11.4 Å². The van der Waals surface area contributed by atoms with E-state index in [9.17, 15) is 0 Å². The molecule has 10 aromatic rings. The molecular weight excluding hydrogens is 691 g/mol. The van der Waals surface area contributed by atoms with Gasteiger partial charge in [0.05, 0.1) is 28.1 Å². The number of benzene rings is 8. The molecule has 3 heteroatoms. The van der Waals surface area contributed by atoms with Crippen molar-refractivity contribution in [1.82, 2.24) is 9.13 Å². The Bertz CT molecular complexity index is 3240. The van der Waals surface area contributed by atoms with Crippen molar-refractivity contribution in [3.05, 3.63) is 218 Å². The molecule has 0 bridgehead atoms. The maximum Gasteiger partial charge on any atom is 0.0631 e. The summed E-state index contributed by atoms with van der Waals surface area (Å²) in [4.78, 5) is 2.50. The highest BCUT2D eigenvalue weighted by Crippen LogP contribution is 2.50. The lowest BCUT2D eigenvalue weighted by molar-refractivity contribution is 0.743. The number of para-hydroxylation sites is 5. The van der Waals surface area contributed by atoms with Crippen LogP contribution in [0.5, 0.6) is 0 Å². The van der Waals surface area contributed by atoms with Crippen molar-refractivity contribution in [3.8, 4) is 27.9 Å². The highest BCUT2D eigenvalue weighted by atomic mass is 15.2. The van der Waals surface area contributed by atoms with Crippen molar-refractivity contribution in [2.75, 3.05) is 4.90 Å². The van der Waals surface area contributed by atoms with E-state index in [0.717, 1.165) is 5.69 Å². The molecule has 0 spiro atoms. The Morgan fingerprint density at radius 2 is 1.04 bits per heavy atom. The number of allylic oxidation sites excluding steroid dienone is 2. The Hall–Kier alpha value is -7.36. The maximum atomic E-state index is 2.50. The van der Waals surface area contributed by atoms with Gasteiger partial charge < -0.3 is 14.0 Å². The van der Waals surface area contributed by atoms with Crippen LogP contribution in [0.2, 0.25) is 0 Å². The molecule has 0 radical (unpaired) electrons. The van der Waals surface area contributed by atoms with Gasteiger partial charge in [0.15, 0.2) is 0 Å². The predicted molar refractivity (Wildman–Crippen MR) is 240 cm³/mol. The van der Waals surface area contributed by atoms with Crippen LogP contribution in [0.3, 0.4) is 0 Å². The summed E-state index contributed by atoms with van der Waals surface area (Å²) in [5.74, 6) is 0.227. The third-order valence-corrected chi connectivity index (χ3v) is 12.2. The molecule has 0 N–H and O–H groups in total. The van der Waals surface area contributed by atoms with Crippen molar-refractivity contribution in [2.45, 2.75) is 12.0 Å². The molecule has 3 heterocycles. The Morgan fingerprint density at radius 3 is 1.82 bits per heavy atom. The smallest absolute Gasteiger partial charge is 0.0631 e. The van der Waals surface area contributed by atoms with E-state index in [4.69, 9.17) is 0 Å². The summed E-state index contributed by atoms with van der Waals surface area (Å²) in [7, 11) is 0. The third kappa shape index (κ3) is 4.79. The van der Waals surface area contributed by atoms with Gasteiger partial charge in [0.2, 0.25) is 0 Å². The van der Waals surface area contributed by atoms with Gasteiger partial charge in [0.1, 0.15) is 0 Å². The van der Waals surface area contributed by atoms with Gasteiger partial charge in [0.25, 0.3) is 0 Å². The average molecular weight is 728 g/mol. The van der Waals surface area contributed by atoms with Crippen LogP contribution in [0.1, 0.15) is 11.5 Å². The lowest BCUT2D eigenvalue weighted by atomic mass is 9.89. The van der Waals surface area contributed by atoms with E-state index < -0.39 is 0 Å². The molecule has 57 heavy (non-hydrogen) atoms. The highest BCUT2D eigenvalue weighted by molar-refractivity contribution is 6.20. The minimum Gasteiger partial charge on any atom is -0.333 e. The van der Waals surface area contributed by atoms with E-state index >= 15 is 0 Å². The number of hydrogen-bond acceptors (Lipinski definition) is 1. The molecule has 3 nitrogen and oxygen atoms in total. The zero-order valence-corrected chi connectivity index (χ0v) is 31.2. The standard InChI is InChI=1S/C54H37N3/c1-4-16-36(17-5-1)41-30-33-52-54(44-24-12-15-27-49(44)56(52)39-20-8-3-9-21-39)53(41)37-28-31-50-45(34-37)42-22-10-14-26-48(42)57(50)40-29-32-51-46(35-40)43-23-11-13-25-47(43)55(51)38-18-6-2-7-19-38/h1-35,46,51H. The van der Waals surface area contributed by atoms with E-state index in [1.165, 1.54) is 88.5 Å². The molecule has 0 amide bonds.